The van der Waals surface area contributed by atoms with Crippen LogP contribution in [0.2, 0.25) is 0 Å². The van der Waals surface area contributed by atoms with Crippen LogP contribution in [0.15, 0.2) is 48.5 Å². The van der Waals surface area contributed by atoms with Gasteiger partial charge in [0.05, 0.1) is 5.52 Å². The zero-order chi connectivity index (χ0) is 14.8. The van der Waals surface area contributed by atoms with Crippen LogP contribution in [-0.2, 0) is 6.54 Å². The molecule has 0 bridgehead atoms. The smallest absolute Gasteiger partial charge is 0.149 e. The summed E-state index contributed by atoms with van der Waals surface area (Å²) >= 11 is 0. The molecule has 1 heterocycles. The standard InChI is InChI=1S/C17H12FN3/c18-15-8-11(5-6-13(15)9-19)14-7-12-3-1-2-4-16(12)21-17(14)10-20/h1-8H,9,19H2. The Bertz CT molecular complexity index is 866. The Balaban J connectivity index is 2.24. The van der Waals surface area contributed by atoms with Gasteiger partial charge in [0.15, 0.2) is 0 Å². The summed E-state index contributed by atoms with van der Waals surface area (Å²) in [5.74, 6) is -0.368. The summed E-state index contributed by atoms with van der Waals surface area (Å²) in [4.78, 5) is 4.33. The number of nitriles is 1. The van der Waals surface area contributed by atoms with Gasteiger partial charge in [-0.2, -0.15) is 5.26 Å². The summed E-state index contributed by atoms with van der Waals surface area (Å²) in [7, 11) is 0. The summed E-state index contributed by atoms with van der Waals surface area (Å²) in [5.41, 5.74) is 8.20. The third kappa shape index (κ3) is 2.35. The molecule has 0 unspecified atom stereocenters. The summed E-state index contributed by atoms with van der Waals surface area (Å²) in [6.07, 6.45) is 0. The molecule has 0 saturated carbocycles. The van der Waals surface area contributed by atoms with Gasteiger partial charge in [-0.1, -0.05) is 30.3 Å². The van der Waals surface area contributed by atoms with Crippen molar-refractivity contribution < 1.29 is 4.39 Å². The number of rotatable bonds is 2. The van der Waals surface area contributed by atoms with Crippen molar-refractivity contribution in [3.05, 3.63) is 65.6 Å². The van der Waals surface area contributed by atoms with Gasteiger partial charge in [0.25, 0.3) is 0 Å². The molecular formula is C17H12FN3. The van der Waals surface area contributed by atoms with Crippen molar-refractivity contribution >= 4 is 10.9 Å². The predicted octanol–water partition coefficient (Wildman–Crippen LogP) is 3.37. The number of nitrogens with zero attached hydrogens (tertiary/aromatic N) is 2. The van der Waals surface area contributed by atoms with Gasteiger partial charge in [-0.05, 0) is 23.8 Å². The lowest BCUT2D eigenvalue weighted by atomic mass is 10.00. The van der Waals surface area contributed by atoms with E-state index in [0.29, 0.717) is 16.7 Å². The molecule has 0 fully saturated rings. The SMILES string of the molecule is N#Cc1nc2ccccc2cc1-c1ccc(CN)c(F)c1. The summed E-state index contributed by atoms with van der Waals surface area (Å²) < 4.78 is 13.9. The minimum Gasteiger partial charge on any atom is -0.326 e. The number of nitrogens with two attached hydrogens (primary N) is 1. The topological polar surface area (TPSA) is 62.7 Å². The number of para-hydroxylation sites is 1. The van der Waals surface area contributed by atoms with E-state index in [9.17, 15) is 9.65 Å². The Morgan fingerprint density at radius 2 is 1.95 bits per heavy atom. The first-order chi connectivity index (χ1) is 10.2. The summed E-state index contributed by atoms with van der Waals surface area (Å²) in [6.45, 7) is 0.146. The Kier molecular flexibility index (Phi) is 3.35. The molecule has 2 N–H and O–H groups in total. The van der Waals surface area contributed by atoms with Gasteiger partial charge in [-0.3, -0.25) is 0 Å². The number of hydrogen-bond donors (Lipinski definition) is 1. The fourth-order valence-corrected chi connectivity index (χ4v) is 2.30. The second-order valence-corrected chi connectivity index (χ2v) is 4.70. The predicted molar refractivity (Wildman–Crippen MR) is 79.7 cm³/mol. The Hall–Kier alpha value is -2.77. The molecule has 0 aliphatic rings. The molecule has 4 heteroatoms. The highest BCUT2D eigenvalue weighted by Crippen LogP contribution is 2.27. The normalized spacial score (nSPS) is 10.5. The lowest BCUT2D eigenvalue weighted by molar-refractivity contribution is 0.611. The molecule has 0 aliphatic carbocycles. The second kappa shape index (κ2) is 5.31. The molecule has 21 heavy (non-hydrogen) atoms. The fraction of sp³-hybridized carbons (Fsp3) is 0.0588. The highest BCUT2D eigenvalue weighted by Gasteiger charge is 2.11. The molecule has 0 spiro atoms. The van der Waals surface area contributed by atoms with Crippen LogP contribution in [-0.4, -0.2) is 4.98 Å². The van der Waals surface area contributed by atoms with Crippen LogP contribution in [0.3, 0.4) is 0 Å². The Morgan fingerprint density at radius 3 is 2.67 bits per heavy atom. The van der Waals surface area contributed by atoms with Gasteiger partial charge in [-0.15, -0.1) is 0 Å². The van der Waals surface area contributed by atoms with Crippen LogP contribution >= 0.6 is 0 Å². The Morgan fingerprint density at radius 1 is 1.14 bits per heavy atom. The number of pyridine rings is 1. The molecule has 0 atom stereocenters. The van der Waals surface area contributed by atoms with E-state index in [1.807, 2.05) is 30.3 Å². The van der Waals surface area contributed by atoms with E-state index in [4.69, 9.17) is 5.73 Å². The quantitative estimate of drug-likeness (QED) is 0.781. The van der Waals surface area contributed by atoms with Crippen molar-refractivity contribution in [3.63, 3.8) is 0 Å². The molecule has 3 rings (SSSR count). The number of aromatic nitrogens is 1. The molecule has 3 nitrogen and oxygen atoms in total. The average Bonchev–Trinajstić information content (AvgIpc) is 2.53. The number of hydrogen-bond acceptors (Lipinski definition) is 3. The van der Waals surface area contributed by atoms with E-state index in [0.717, 1.165) is 10.9 Å². The maximum absolute atomic E-state index is 13.9. The molecule has 1 aromatic heterocycles. The van der Waals surface area contributed by atoms with Gasteiger partial charge in [0.2, 0.25) is 0 Å². The van der Waals surface area contributed by atoms with Crippen LogP contribution in [0, 0.1) is 17.1 Å². The number of fused-ring (bicyclic) bond motifs is 1. The lowest BCUT2D eigenvalue weighted by Crippen LogP contribution is -2.00. The van der Waals surface area contributed by atoms with Crippen molar-refractivity contribution in [2.24, 2.45) is 5.73 Å². The van der Waals surface area contributed by atoms with Gasteiger partial charge < -0.3 is 5.73 Å². The molecular weight excluding hydrogens is 265 g/mol. The molecule has 0 saturated heterocycles. The molecule has 0 amide bonds. The largest absolute Gasteiger partial charge is 0.326 e. The minimum absolute atomic E-state index is 0.146. The second-order valence-electron chi connectivity index (χ2n) is 4.70. The highest BCUT2D eigenvalue weighted by molar-refractivity contribution is 5.86. The summed E-state index contributed by atoms with van der Waals surface area (Å²) in [5, 5.41) is 10.2. The lowest BCUT2D eigenvalue weighted by Gasteiger charge is -2.08. The fourth-order valence-electron chi connectivity index (χ4n) is 2.30. The molecule has 2 aromatic carbocycles. The van der Waals surface area contributed by atoms with E-state index in [-0.39, 0.29) is 18.1 Å². The number of benzene rings is 2. The first-order valence-corrected chi connectivity index (χ1v) is 6.51. The molecule has 0 aliphatic heterocycles. The maximum atomic E-state index is 13.9. The zero-order valence-corrected chi connectivity index (χ0v) is 11.2. The Labute approximate surface area is 121 Å². The first kappa shape index (κ1) is 13.2. The van der Waals surface area contributed by atoms with E-state index in [1.54, 1.807) is 12.1 Å². The highest BCUT2D eigenvalue weighted by atomic mass is 19.1. The first-order valence-electron chi connectivity index (χ1n) is 6.51. The van der Waals surface area contributed by atoms with Crippen molar-refractivity contribution in [2.45, 2.75) is 6.54 Å². The molecule has 3 aromatic rings. The van der Waals surface area contributed by atoms with Crippen LogP contribution in [0.4, 0.5) is 4.39 Å². The van der Waals surface area contributed by atoms with Crippen LogP contribution in [0.5, 0.6) is 0 Å². The van der Waals surface area contributed by atoms with Crippen molar-refractivity contribution in [1.82, 2.24) is 4.98 Å². The van der Waals surface area contributed by atoms with Gasteiger partial charge in [0, 0.05) is 23.1 Å². The molecule has 102 valence electrons. The average molecular weight is 277 g/mol. The van der Waals surface area contributed by atoms with Crippen molar-refractivity contribution in [1.29, 1.82) is 5.26 Å². The van der Waals surface area contributed by atoms with Crippen molar-refractivity contribution in [3.8, 4) is 17.2 Å². The molecule has 0 radical (unpaired) electrons. The van der Waals surface area contributed by atoms with E-state index >= 15 is 0 Å². The van der Waals surface area contributed by atoms with Crippen LogP contribution in [0.1, 0.15) is 11.3 Å². The van der Waals surface area contributed by atoms with E-state index in [1.165, 1.54) is 6.07 Å². The van der Waals surface area contributed by atoms with Gasteiger partial charge in [0.1, 0.15) is 17.6 Å². The maximum Gasteiger partial charge on any atom is 0.149 e. The zero-order valence-electron chi connectivity index (χ0n) is 11.2. The summed E-state index contributed by atoms with van der Waals surface area (Å²) in [6, 6.07) is 16.3. The number of halogens is 1. The van der Waals surface area contributed by atoms with Crippen LogP contribution < -0.4 is 5.73 Å². The van der Waals surface area contributed by atoms with E-state index < -0.39 is 0 Å². The van der Waals surface area contributed by atoms with Crippen molar-refractivity contribution in [2.75, 3.05) is 0 Å². The van der Waals surface area contributed by atoms with E-state index in [2.05, 4.69) is 11.1 Å². The third-order valence-electron chi connectivity index (χ3n) is 3.41. The minimum atomic E-state index is -0.368. The van der Waals surface area contributed by atoms with Gasteiger partial charge in [-0.25, -0.2) is 9.37 Å². The monoisotopic (exact) mass is 277 g/mol. The van der Waals surface area contributed by atoms with Gasteiger partial charge >= 0.3 is 0 Å². The van der Waals surface area contributed by atoms with Crippen LogP contribution in [0.25, 0.3) is 22.0 Å². The third-order valence-corrected chi connectivity index (χ3v) is 3.41.